The Bertz CT molecular complexity index is 156. The van der Waals surface area contributed by atoms with Gasteiger partial charge in [-0.2, -0.15) is 0 Å². The van der Waals surface area contributed by atoms with Crippen LogP contribution in [-0.4, -0.2) is 13.6 Å². The lowest BCUT2D eigenvalue weighted by Gasteiger charge is -2.12. The average Bonchev–Trinajstić information content (AvgIpc) is 1.89. The Kier molecular flexibility index (Phi) is 1.78. The van der Waals surface area contributed by atoms with Crippen molar-refractivity contribution in [1.82, 2.24) is 10.6 Å². The standard InChI is InChI=1S/C7H12N2/c1-6-5-9-4-3-7(6)8-2/h3,5,8-9H,4H2,1-2H3. The van der Waals surface area contributed by atoms with Crippen molar-refractivity contribution < 1.29 is 0 Å². The molecule has 0 spiro atoms. The fourth-order valence-electron chi connectivity index (χ4n) is 0.911. The molecule has 0 saturated heterocycles. The molecule has 1 aliphatic rings. The van der Waals surface area contributed by atoms with E-state index in [1.165, 1.54) is 11.3 Å². The monoisotopic (exact) mass is 124 g/mol. The summed E-state index contributed by atoms with van der Waals surface area (Å²) in [5, 5.41) is 6.23. The van der Waals surface area contributed by atoms with E-state index in [0.29, 0.717) is 0 Å². The molecule has 2 N–H and O–H groups in total. The molecule has 0 unspecified atom stereocenters. The Morgan fingerprint density at radius 2 is 2.44 bits per heavy atom. The third-order valence-electron chi connectivity index (χ3n) is 1.44. The van der Waals surface area contributed by atoms with E-state index in [4.69, 9.17) is 0 Å². The quantitative estimate of drug-likeness (QED) is 0.535. The van der Waals surface area contributed by atoms with Crippen LogP contribution in [-0.2, 0) is 0 Å². The summed E-state index contributed by atoms with van der Waals surface area (Å²) in [6, 6.07) is 0. The molecule has 2 heteroatoms. The number of hydrogen-bond donors (Lipinski definition) is 2. The Morgan fingerprint density at radius 1 is 1.67 bits per heavy atom. The number of allylic oxidation sites excluding steroid dienone is 1. The van der Waals surface area contributed by atoms with Gasteiger partial charge in [0.2, 0.25) is 0 Å². The highest BCUT2D eigenvalue weighted by molar-refractivity contribution is 5.29. The zero-order valence-corrected chi connectivity index (χ0v) is 5.86. The van der Waals surface area contributed by atoms with Gasteiger partial charge in [0.05, 0.1) is 0 Å². The van der Waals surface area contributed by atoms with E-state index >= 15 is 0 Å². The molecule has 0 radical (unpaired) electrons. The lowest BCUT2D eigenvalue weighted by atomic mass is 10.2. The second-order valence-electron chi connectivity index (χ2n) is 2.10. The molecule has 9 heavy (non-hydrogen) atoms. The van der Waals surface area contributed by atoms with Crippen LogP contribution in [0.3, 0.4) is 0 Å². The summed E-state index contributed by atoms with van der Waals surface area (Å²) >= 11 is 0. The van der Waals surface area contributed by atoms with Crippen molar-refractivity contribution >= 4 is 0 Å². The Labute approximate surface area is 55.6 Å². The van der Waals surface area contributed by atoms with E-state index in [9.17, 15) is 0 Å². The van der Waals surface area contributed by atoms with Crippen LogP contribution in [0.2, 0.25) is 0 Å². The van der Waals surface area contributed by atoms with Crippen molar-refractivity contribution in [2.75, 3.05) is 13.6 Å². The van der Waals surface area contributed by atoms with Crippen LogP contribution in [0.15, 0.2) is 23.5 Å². The van der Waals surface area contributed by atoms with Crippen molar-refractivity contribution in [3.8, 4) is 0 Å². The highest BCUT2D eigenvalue weighted by Crippen LogP contribution is 2.05. The van der Waals surface area contributed by atoms with E-state index in [2.05, 4.69) is 23.6 Å². The molecule has 0 aliphatic carbocycles. The fourth-order valence-corrected chi connectivity index (χ4v) is 0.911. The molecule has 0 bridgehead atoms. The van der Waals surface area contributed by atoms with Gasteiger partial charge in [0.1, 0.15) is 0 Å². The van der Waals surface area contributed by atoms with Gasteiger partial charge in [0.15, 0.2) is 0 Å². The summed E-state index contributed by atoms with van der Waals surface area (Å²) in [5.41, 5.74) is 2.50. The zero-order valence-electron chi connectivity index (χ0n) is 5.86. The first-order valence-corrected chi connectivity index (χ1v) is 3.13. The Morgan fingerprint density at radius 3 is 2.89 bits per heavy atom. The molecule has 0 aromatic heterocycles. The third-order valence-corrected chi connectivity index (χ3v) is 1.44. The minimum Gasteiger partial charge on any atom is -0.388 e. The van der Waals surface area contributed by atoms with E-state index in [1.54, 1.807) is 0 Å². The number of nitrogens with one attached hydrogen (secondary N) is 2. The van der Waals surface area contributed by atoms with Crippen molar-refractivity contribution in [3.63, 3.8) is 0 Å². The number of hydrogen-bond acceptors (Lipinski definition) is 2. The fraction of sp³-hybridized carbons (Fsp3) is 0.429. The van der Waals surface area contributed by atoms with Crippen LogP contribution in [0.4, 0.5) is 0 Å². The SMILES string of the molecule is CNC1=CCNC=C1C. The van der Waals surface area contributed by atoms with E-state index in [1.807, 2.05) is 13.2 Å². The van der Waals surface area contributed by atoms with Crippen molar-refractivity contribution in [2.45, 2.75) is 6.92 Å². The van der Waals surface area contributed by atoms with Gasteiger partial charge in [-0.3, -0.25) is 0 Å². The molecule has 1 aliphatic heterocycles. The van der Waals surface area contributed by atoms with Crippen LogP contribution < -0.4 is 10.6 Å². The average molecular weight is 124 g/mol. The molecule has 0 fully saturated rings. The molecule has 1 rings (SSSR count). The first-order chi connectivity index (χ1) is 4.34. The van der Waals surface area contributed by atoms with Gasteiger partial charge in [-0.15, -0.1) is 0 Å². The smallest absolute Gasteiger partial charge is 0.0358 e. The number of likely N-dealkylation sites (N-methyl/N-ethyl adjacent to an activating group) is 1. The molecular weight excluding hydrogens is 112 g/mol. The zero-order chi connectivity index (χ0) is 6.69. The summed E-state index contributed by atoms with van der Waals surface area (Å²) in [5.74, 6) is 0. The van der Waals surface area contributed by atoms with Crippen LogP contribution in [0, 0.1) is 0 Å². The van der Waals surface area contributed by atoms with E-state index in [-0.39, 0.29) is 0 Å². The minimum absolute atomic E-state index is 0.938. The van der Waals surface area contributed by atoms with Crippen molar-refractivity contribution in [1.29, 1.82) is 0 Å². The first-order valence-electron chi connectivity index (χ1n) is 3.13. The Balaban J connectivity index is 2.68. The van der Waals surface area contributed by atoms with Gasteiger partial charge < -0.3 is 10.6 Å². The van der Waals surface area contributed by atoms with Gasteiger partial charge in [-0.1, -0.05) is 0 Å². The maximum atomic E-state index is 3.12. The topological polar surface area (TPSA) is 24.1 Å². The van der Waals surface area contributed by atoms with Crippen molar-refractivity contribution in [2.24, 2.45) is 0 Å². The molecule has 0 aromatic rings. The van der Waals surface area contributed by atoms with Crippen LogP contribution in [0.1, 0.15) is 6.92 Å². The highest BCUT2D eigenvalue weighted by atomic mass is 14.9. The first kappa shape index (κ1) is 6.20. The van der Waals surface area contributed by atoms with Crippen LogP contribution >= 0.6 is 0 Å². The molecule has 0 saturated carbocycles. The van der Waals surface area contributed by atoms with Gasteiger partial charge in [0, 0.05) is 25.5 Å². The van der Waals surface area contributed by atoms with E-state index < -0.39 is 0 Å². The van der Waals surface area contributed by atoms with Crippen LogP contribution in [0.5, 0.6) is 0 Å². The Hall–Kier alpha value is -0.920. The van der Waals surface area contributed by atoms with Gasteiger partial charge >= 0.3 is 0 Å². The summed E-state index contributed by atoms with van der Waals surface area (Å²) in [6.07, 6.45) is 4.15. The summed E-state index contributed by atoms with van der Waals surface area (Å²) in [4.78, 5) is 0. The molecule has 2 nitrogen and oxygen atoms in total. The maximum Gasteiger partial charge on any atom is 0.0358 e. The lowest BCUT2D eigenvalue weighted by Crippen LogP contribution is -2.18. The summed E-state index contributed by atoms with van der Waals surface area (Å²) in [6.45, 7) is 3.02. The highest BCUT2D eigenvalue weighted by Gasteiger charge is 1.98. The maximum absolute atomic E-state index is 3.12. The van der Waals surface area contributed by atoms with Gasteiger partial charge in [-0.25, -0.2) is 0 Å². The summed E-state index contributed by atoms with van der Waals surface area (Å²) in [7, 11) is 1.94. The molecular formula is C7H12N2. The second-order valence-corrected chi connectivity index (χ2v) is 2.10. The molecule has 0 amide bonds. The van der Waals surface area contributed by atoms with Gasteiger partial charge in [0.25, 0.3) is 0 Å². The predicted molar refractivity (Wildman–Crippen MR) is 38.9 cm³/mol. The largest absolute Gasteiger partial charge is 0.388 e. The summed E-state index contributed by atoms with van der Waals surface area (Å²) < 4.78 is 0. The molecule has 0 aromatic carbocycles. The molecule has 50 valence electrons. The molecule has 0 atom stereocenters. The normalized spacial score (nSPS) is 17.6. The second kappa shape index (κ2) is 2.58. The minimum atomic E-state index is 0.938. The van der Waals surface area contributed by atoms with Crippen molar-refractivity contribution in [3.05, 3.63) is 23.5 Å². The number of rotatable bonds is 1. The van der Waals surface area contributed by atoms with Crippen LogP contribution in [0.25, 0.3) is 0 Å². The molecule has 1 heterocycles. The predicted octanol–water partition coefficient (Wildman–Crippen LogP) is 0.597. The lowest BCUT2D eigenvalue weighted by molar-refractivity contribution is 0.882. The van der Waals surface area contributed by atoms with E-state index in [0.717, 1.165) is 6.54 Å². The third kappa shape index (κ3) is 1.25. The number of dihydropyridines is 1. The van der Waals surface area contributed by atoms with Gasteiger partial charge in [-0.05, 0) is 18.6 Å².